The Morgan fingerprint density at radius 2 is 1.87 bits per heavy atom. The number of hydrogen-bond donors (Lipinski definition) is 2. The topological polar surface area (TPSA) is 59.6 Å². The minimum Gasteiger partial charge on any atom is -0.493 e. The quantitative estimate of drug-likeness (QED) is 0.681. The molecule has 0 bridgehead atoms. The van der Waals surface area contributed by atoms with Crippen molar-refractivity contribution in [3.63, 3.8) is 0 Å². The average Bonchev–Trinajstić information content (AvgIpc) is 2.87. The fraction of sp³-hybridized carbons (Fsp3) is 0.400. The Morgan fingerprint density at radius 1 is 1.10 bits per heavy atom. The van der Waals surface area contributed by atoms with E-state index in [0.29, 0.717) is 24.5 Å². The van der Waals surface area contributed by atoms with E-state index in [1.807, 2.05) is 42.5 Å². The van der Waals surface area contributed by atoms with E-state index in [2.05, 4.69) is 37.5 Å². The van der Waals surface area contributed by atoms with Gasteiger partial charge in [-0.25, -0.2) is 0 Å². The van der Waals surface area contributed by atoms with Crippen LogP contribution in [0.4, 0.5) is 11.4 Å². The van der Waals surface area contributed by atoms with Gasteiger partial charge in [-0.2, -0.15) is 0 Å². The van der Waals surface area contributed by atoms with Crippen molar-refractivity contribution in [3.8, 4) is 11.5 Å². The van der Waals surface area contributed by atoms with E-state index < -0.39 is 0 Å². The van der Waals surface area contributed by atoms with Crippen LogP contribution in [0, 0.1) is 11.3 Å². The summed E-state index contributed by atoms with van der Waals surface area (Å²) in [6, 6.07) is 13.7. The molecule has 2 aliphatic rings. The van der Waals surface area contributed by atoms with Gasteiger partial charge in [0, 0.05) is 17.7 Å². The number of carbonyl (C=O) groups is 1. The molecule has 30 heavy (non-hydrogen) atoms. The normalized spacial score (nSPS) is 21.9. The molecule has 0 aromatic heterocycles. The number of anilines is 2. The second-order valence-corrected chi connectivity index (χ2v) is 8.73. The lowest BCUT2D eigenvalue weighted by molar-refractivity contribution is -0.124. The molecule has 0 fully saturated rings. The van der Waals surface area contributed by atoms with Gasteiger partial charge < -0.3 is 20.1 Å². The van der Waals surface area contributed by atoms with Crippen molar-refractivity contribution in [3.05, 3.63) is 59.8 Å². The number of methoxy groups -OCH3 is 1. The molecule has 0 amide bonds. The van der Waals surface area contributed by atoms with Crippen LogP contribution in [0.3, 0.4) is 0 Å². The van der Waals surface area contributed by atoms with Gasteiger partial charge in [0.1, 0.15) is 5.78 Å². The summed E-state index contributed by atoms with van der Waals surface area (Å²) < 4.78 is 11.7. The number of ether oxygens (including phenoxy) is 2. The highest BCUT2D eigenvalue weighted by molar-refractivity contribution is 5.90. The number of ketones is 1. The molecule has 4 rings (SSSR count). The lowest BCUT2D eigenvalue weighted by Gasteiger charge is -2.36. The van der Waals surface area contributed by atoms with Crippen LogP contribution in [-0.4, -0.2) is 19.5 Å². The van der Waals surface area contributed by atoms with E-state index in [9.17, 15) is 4.79 Å². The third-order valence-corrected chi connectivity index (χ3v) is 5.72. The zero-order valence-electron chi connectivity index (χ0n) is 18.1. The van der Waals surface area contributed by atoms with Crippen molar-refractivity contribution in [2.45, 2.75) is 39.7 Å². The average molecular weight is 407 g/mol. The van der Waals surface area contributed by atoms with Crippen LogP contribution in [-0.2, 0) is 4.79 Å². The zero-order chi connectivity index (χ0) is 21.3. The number of para-hydroxylation sites is 3. The number of allylic oxidation sites excluding steroid dienone is 1. The molecule has 0 saturated carbocycles. The molecular formula is C25H30N2O3. The molecule has 0 spiro atoms. The summed E-state index contributed by atoms with van der Waals surface area (Å²) >= 11 is 0. The third kappa shape index (κ3) is 3.76. The van der Waals surface area contributed by atoms with E-state index in [1.54, 1.807) is 7.11 Å². The summed E-state index contributed by atoms with van der Waals surface area (Å²) in [5, 5.41) is 7.19. The van der Waals surface area contributed by atoms with Crippen molar-refractivity contribution in [2.75, 3.05) is 24.4 Å². The number of rotatable bonds is 5. The van der Waals surface area contributed by atoms with Crippen LogP contribution in [0.15, 0.2) is 54.2 Å². The summed E-state index contributed by atoms with van der Waals surface area (Å²) in [7, 11) is 1.65. The number of hydrogen-bond acceptors (Lipinski definition) is 5. The second-order valence-electron chi connectivity index (χ2n) is 8.73. The Labute approximate surface area is 178 Å². The molecule has 0 radical (unpaired) electrons. The van der Waals surface area contributed by atoms with E-state index >= 15 is 0 Å². The monoisotopic (exact) mass is 406 g/mol. The molecule has 5 heteroatoms. The van der Waals surface area contributed by atoms with Gasteiger partial charge in [0.2, 0.25) is 0 Å². The summed E-state index contributed by atoms with van der Waals surface area (Å²) in [6.45, 7) is 6.88. The maximum atomic E-state index is 13.4. The summed E-state index contributed by atoms with van der Waals surface area (Å²) in [5.41, 5.74) is 3.64. The molecule has 158 valence electrons. The smallest absolute Gasteiger partial charge is 0.166 e. The van der Waals surface area contributed by atoms with Crippen molar-refractivity contribution in [1.82, 2.24) is 0 Å². The van der Waals surface area contributed by atoms with Gasteiger partial charge in [-0.3, -0.25) is 4.79 Å². The molecule has 2 aromatic rings. The molecule has 0 saturated heterocycles. The van der Waals surface area contributed by atoms with E-state index in [4.69, 9.17) is 9.47 Å². The van der Waals surface area contributed by atoms with Crippen molar-refractivity contribution < 1.29 is 14.3 Å². The Morgan fingerprint density at radius 3 is 2.60 bits per heavy atom. The second kappa shape index (κ2) is 8.05. The van der Waals surface area contributed by atoms with Gasteiger partial charge in [-0.1, -0.05) is 51.1 Å². The highest BCUT2D eigenvalue weighted by Crippen LogP contribution is 2.48. The fourth-order valence-electron chi connectivity index (χ4n) is 4.45. The standard InChI is InChI=1S/C25H30N2O3/c1-5-13-30-24-16(9-8-12-21(24)29-4)23-22-19(14-25(2,3)15-20(22)28)26-17-10-6-7-11-18(17)27-23/h6-12,14,22-23,26-27H,5,13,15H2,1-4H3/t22-,23-/m0/s1. The maximum absolute atomic E-state index is 13.4. The highest BCUT2D eigenvalue weighted by Gasteiger charge is 2.42. The van der Waals surface area contributed by atoms with Gasteiger partial charge in [0.15, 0.2) is 11.5 Å². The first-order chi connectivity index (χ1) is 14.4. The molecule has 2 N–H and O–H groups in total. The Bertz CT molecular complexity index is 980. The molecule has 1 aliphatic heterocycles. The first-order valence-electron chi connectivity index (χ1n) is 10.6. The Kier molecular flexibility index (Phi) is 5.46. The third-order valence-electron chi connectivity index (χ3n) is 5.72. The minimum atomic E-state index is -0.332. The number of fused-ring (bicyclic) bond motifs is 2. The predicted molar refractivity (Wildman–Crippen MR) is 120 cm³/mol. The van der Waals surface area contributed by atoms with Crippen molar-refractivity contribution in [1.29, 1.82) is 0 Å². The number of Topliss-reactive ketones (excluding diaryl/α,β-unsaturated/α-hetero) is 1. The van der Waals surface area contributed by atoms with Gasteiger partial charge in [-0.05, 0) is 30.0 Å². The maximum Gasteiger partial charge on any atom is 0.166 e. The molecular weight excluding hydrogens is 376 g/mol. The van der Waals surface area contributed by atoms with Gasteiger partial charge in [0.25, 0.3) is 0 Å². The van der Waals surface area contributed by atoms with E-state index in [1.165, 1.54) is 0 Å². The Balaban J connectivity index is 1.89. The van der Waals surface area contributed by atoms with E-state index in [0.717, 1.165) is 29.1 Å². The first kappa shape index (κ1) is 20.3. The molecule has 2 aromatic carbocycles. The van der Waals surface area contributed by atoms with Crippen LogP contribution in [0.5, 0.6) is 11.5 Å². The van der Waals surface area contributed by atoms with Gasteiger partial charge in [0.05, 0.1) is 37.1 Å². The largest absolute Gasteiger partial charge is 0.493 e. The van der Waals surface area contributed by atoms with E-state index in [-0.39, 0.29) is 23.2 Å². The van der Waals surface area contributed by atoms with Crippen LogP contribution in [0.25, 0.3) is 0 Å². The lowest BCUT2D eigenvalue weighted by atomic mass is 9.72. The Hall–Kier alpha value is -2.95. The number of benzene rings is 2. The minimum absolute atomic E-state index is 0.185. The van der Waals surface area contributed by atoms with Crippen molar-refractivity contribution in [2.24, 2.45) is 11.3 Å². The number of carbonyl (C=O) groups excluding carboxylic acids is 1. The van der Waals surface area contributed by atoms with Crippen LogP contribution in [0.2, 0.25) is 0 Å². The fourth-order valence-corrected chi connectivity index (χ4v) is 4.45. The first-order valence-corrected chi connectivity index (χ1v) is 10.6. The molecule has 0 unspecified atom stereocenters. The van der Waals surface area contributed by atoms with Gasteiger partial charge >= 0.3 is 0 Å². The number of nitrogens with one attached hydrogen (secondary N) is 2. The molecule has 2 atom stereocenters. The summed E-state index contributed by atoms with van der Waals surface area (Å²) in [4.78, 5) is 13.4. The zero-order valence-corrected chi connectivity index (χ0v) is 18.1. The summed E-state index contributed by atoms with van der Waals surface area (Å²) in [6.07, 6.45) is 3.61. The molecule has 1 aliphatic carbocycles. The van der Waals surface area contributed by atoms with Crippen LogP contribution < -0.4 is 20.1 Å². The SMILES string of the molecule is CCCOc1c(OC)cccc1[C@@H]1Nc2ccccc2NC2=CC(C)(C)CC(=O)[C@H]21. The molecule has 5 nitrogen and oxygen atoms in total. The molecule has 1 heterocycles. The summed E-state index contributed by atoms with van der Waals surface area (Å²) in [5.74, 6) is 1.28. The van der Waals surface area contributed by atoms with Crippen LogP contribution >= 0.6 is 0 Å². The van der Waals surface area contributed by atoms with Gasteiger partial charge in [-0.15, -0.1) is 0 Å². The lowest BCUT2D eigenvalue weighted by Crippen LogP contribution is -2.36. The van der Waals surface area contributed by atoms with Crippen molar-refractivity contribution >= 4 is 17.2 Å². The predicted octanol–water partition coefficient (Wildman–Crippen LogP) is 5.56. The van der Waals surface area contributed by atoms with Crippen LogP contribution in [0.1, 0.15) is 45.2 Å². The highest BCUT2D eigenvalue weighted by atomic mass is 16.5.